The molecule has 3 N–H and O–H groups in total. The van der Waals surface area contributed by atoms with Crippen LogP contribution in [-0.2, 0) is 9.53 Å². The van der Waals surface area contributed by atoms with Gasteiger partial charge in [0.25, 0.3) is 0 Å². The molecule has 1 aromatic carbocycles. The fourth-order valence-electron chi connectivity index (χ4n) is 2.03. The van der Waals surface area contributed by atoms with E-state index >= 15 is 0 Å². The molecule has 0 saturated heterocycles. The molecule has 0 fully saturated rings. The second-order valence-corrected chi connectivity index (χ2v) is 4.44. The van der Waals surface area contributed by atoms with Gasteiger partial charge in [0.05, 0.1) is 29.7 Å². The highest BCUT2D eigenvalue weighted by atomic mass is 16.5. The molecule has 0 spiro atoms. The predicted molar refractivity (Wildman–Crippen MR) is 80.5 cm³/mol. The van der Waals surface area contributed by atoms with Crippen molar-refractivity contribution in [2.45, 2.75) is 19.8 Å². The van der Waals surface area contributed by atoms with Gasteiger partial charge in [-0.25, -0.2) is 0 Å². The molecular formula is C15H19N3O2. The normalized spacial score (nSPS) is 10.4. The van der Waals surface area contributed by atoms with Crippen LogP contribution in [0.25, 0.3) is 10.9 Å². The van der Waals surface area contributed by atoms with Gasteiger partial charge in [-0.3, -0.25) is 9.78 Å². The maximum absolute atomic E-state index is 11.2. The van der Waals surface area contributed by atoms with Crippen molar-refractivity contribution in [3.8, 4) is 0 Å². The Bertz CT molecular complexity index is 599. The molecular weight excluding hydrogens is 254 g/mol. The van der Waals surface area contributed by atoms with Gasteiger partial charge in [-0.2, -0.15) is 0 Å². The van der Waals surface area contributed by atoms with Gasteiger partial charge in [-0.1, -0.05) is 18.2 Å². The number of hydrogen-bond acceptors (Lipinski definition) is 5. The Balaban J connectivity index is 1.99. The molecule has 5 nitrogen and oxygen atoms in total. The van der Waals surface area contributed by atoms with Crippen molar-refractivity contribution in [1.82, 2.24) is 4.98 Å². The molecule has 0 aliphatic carbocycles. The van der Waals surface area contributed by atoms with Crippen LogP contribution in [-0.4, -0.2) is 24.1 Å². The SMILES string of the molecule is CCOC(=O)CCCNc1c(N)cnc2ccccc12. The summed E-state index contributed by atoms with van der Waals surface area (Å²) < 4.78 is 4.89. The van der Waals surface area contributed by atoms with Crippen molar-refractivity contribution in [3.05, 3.63) is 30.5 Å². The summed E-state index contributed by atoms with van der Waals surface area (Å²) in [5.41, 5.74) is 8.34. The van der Waals surface area contributed by atoms with E-state index in [1.165, 1.54) is 0 Å². The zero-order chi connectivity index (χ0) is 14.4. The van der Waals surface area contributed by atoms with Crippen LogP contribution < -0.4 is 11.1 Å². The van der Waals surface area contributed by atoms with Crippen molar-refractivity contribution in [2.24, 2.45) is 0 Å². The van der Waals surface area contributed by atoms with Crippen molar-refractivity contribution < 1.29 is 9.53 Å². The molecule has 2 rings (SSSR count). The summed E-state index contributed by atoms with van der Waals surface area (Å²) in [5.74, 6) is -0.165. The quantitative estimate of drug-likeness (QED) is 0.625. The number of rotatable bonds is 6. The molecule has 0 atom stereocenters. The Kier molecular flexibility index (Phi) is 4.76. The molecule has 0 bridgehead atoms. The van der Waals surface area contributed by atoms with E-state index < -0.39 is 0 Å². The first-order valence-electron chi connectivity index (χ1n) is 6.75. The van der Waals surface area contributed by atoms with E-state index in [2.05, 4.69) is 10.3 Å². The van der Waals surface area contributed by atoms with Gasteiger partial charge in [0.2, 0.25) is 0 Å². The average Bonchev–Trinajstić information content (AvgIpc) is 2.45. The number of nitrogens with zero attached hydrogens (tertiary/aromatic N) is 1. The molecule has 1 aromatic heterocycles. The van der Waals surface area contributed by atoms with Gasteiger partial charge >= 0.3 is 5.97 Å². The summed E-state index contributed by atoms with van der Waals surface area (Å²) in [4.78, 5) is 15.5. The van der Waals surface area contributed by atoms with Crippen LogP contribution in [0.15, 0.2) is 30.5 Å². The smallest absolute Gasteiger partial charge is 0.305 e. The Labute approximate surface area is 118 Å². The largest absolute Gasteiger partial charge is 0.466 e. The fourth-order valence-corrected chi connectivity index (χ4v) is 2.03. The van der Waals surface area contributed by atoms with Gasteiger partial charge in [0, 0.05) is 18.4 Å². The Morgan fingerprint density at radius 2 is 2.20 bits per heavy atom. The van der Waals surface area contributed by atoms with E-state index in [1.807, 2.05) is 24.3 Å². The summed E-state index contributed by atoms with van der Waals surface area (Å²) in [6.45, 7) is 2.89. The third kappa shape index (κ3) is 3.38. The molecule has 2 aromatic rings. The van der Waals surface area contributed by atoms with Crippen LogP contribution in [0, 0.1) is 0 Å². The van der Waals surface area contributed by atoms with Gasteiger partial charge in [0.1, 0.15) is 0 Å². The number of benzene rings is 1. The van der Waals surface area contributed by atoms with Crippen LogP contribution in [0.2, 0.25) is 0 Å². The predicted octanol–water partition coefficient (Wildman–Crippen LogP) is 2.57. The van der Waals surface area contributed by atoms with Crippen LogP contribution in [0.1, 0.15) is 19.8 Å². The van der Waals surface area contributed by atoms with Gasteiger partial charge < -0.3 is 15.8 Å². The first-order valence-corrected chi connectivity index (χ1v) is 6.75. The van der Waals surface area contributed by atoms with E-state index in [0.29, 0.717) is 31.7 Å². The van der Waals surface area contributed by atoms with E-state index in [0.717, 1.165) is 16.6 Å². The molecule has 5 heteroatoms. The molecule has 0 radical (unpaired) electrons. The summed E-state index contributed by atoms with van der Waals surface area (Å²) in [5, 5.41) is 4.27. The minimum absolute atomic E-state index is 0.165. The fraction of sp³-hybridized carbons (Fsp3) is 0.333. The Morgan fingerprint density at radius 3 is 3.00 bits per heavy atom. The zero-order valence-corrected chi connectivity index (χ0v) is 11.6. The summed E-state index contributed by atoms with van der Waals surface area (Å²) >= 11 is 0. The lowest BCUT2D eigenvalue weighted by molar-refractivity contribution is -0.143. The van der Waals surface area contributed by atoms with Crippen LogP contribution in [0.5, 0.6) is 0 Å². The number of para-hydroxylation sites is 1. The molecule has 0 saturated carbocycles. The van der Waals surface area contributed by atoms with Crippen molar-refractivity contribution >= 4 is 28.2 Å². The summed E-state index contributed by atoms with van der Waals surface area (Å²) in [6, 6.07) is 7.81. The standard InChI is InChI=1S/C15H19N3O2/c1-2-20-14(19)8-5-9-17-15-11-6-3-4-7-13(11)18-10-12(15)16/h3-4,6-7,10H,2,5,8-9,16H2,1H3,(H,17,18). The minimum Gasteiger partial charge on any atom is -0.466 e. The first-order chi connectivity index (χ1) is 9.72. The lowest BCUT2D eigenvalue weighted by atomic mass is 10.1. The molecule has 106 valence electrons. The van der Waals surface area contributed by atoms with Crippen LogP contribution in [0.3, 0.4) is 0 Å². The number of carbonyl (C=O) groups excluding carboxylic acids is 1. The number of nitrogens with two attached hydrogens (primary N) is 1. The number of nitrogens with one attached hydrogen (secondary N) is 1. The maximum atomic E-state index is 11.2. The number of esters is 1. The lowest BCUT2D eigenvalue weighted by Crippen LogP contribution is -2.09. The number of pyridine rings is 1. The third-order valence-corrected chi connectivity index (χ3v) is 2.97. The second-order valence-electron chi connectivity index (χ2n) is 4.44. The van der Waals surface area contributed by atoms with Gasteiger partial charge in [0.15, 0.2) is 0 Å². The van der Waals surface area contributed by atoms with Crippen molar-refractivity contribution in [1.29, 1.82) is 0 Å². The molecule has 1 heterocycles. The molecule has 0 aliphatic heterocycles. The van der Waals surface area contributed by atoms with E-state index in [1.54, 1.807) is 13.1 Å². The number of nitrogen functional groups attached to an aromatic ring is 1. The number of hydrogen-bond donors (Lipinski definition) is 2. The van der Waals surface area contributed by atoms with Crippen molar-refractivity contribution in [2.75, 3.05) is 24.2 Å². The minimum atomic E-state index is -0.165. The molecule has 0 unspecified atom stereocenters. The van der Waals surface area contributed by atoms with E-state index in [4.69, 9.17) is 10.5 Å². The van der Waals surface area contributed by atoms with Gasteiger partial charge in [-0.05, 0) is 19.4 Å². The molecule has 0 aliphatic rings. The highest BCUT2D eigenvalue weighted by Crippen LogP contribution is 2.27. The van der Waals surface area contributed by atoms with Crippen molar-refractivity contribution in [3.63, 3.8) is 0 Å². The van der Waals surface area contributed by atoms with Crippen LogP contribution >= 0.6 is 0 Å². The van der Waals surface area contributed by atoms with Crippen LogP contribution in [0.4, 0.5) is 11.4 Å². The Hall–Kier alpha value is -2.30. The number of carbonyl (C=O) groups is 1. The highest BCUT2D eigenvalue weighted by molar-refractivity contribution is 5.96. The monoisotopic (exact) mass is 273 g/mol. The topological polar surface area (TPSA) is 77.2 Å². The maximum Gasteiger partial charge on any atom is 0.305 e. The summed E-state index contributed by atoms with van der Waals surface area (Å²) in [7, 11) is 0. The zero-order valence-electron chi connectivity index (χ0n) is 11.6. The third-order valence-electron chi connectivity index (χ3n) is 2.97. The number of aromatic nitrogens is 1. The molecule has 0 amide bonds. The van der Waals surface area contributed by atoms with Gasteiger partial charge in [-0.15, -0.1) is 0 Å². The number of ether oxygens (including phenoxy) is 1. The summed E-state index contributed by atoms with van der Waals surface area (Å²) in [6.07, 6.45) is 2.76. The lowest BCUT2D eigenvalue weighted by Gasteiger charge is -2.11. The first kappa shape index (κ1) is 14.1. The number of fused-ring (bicyclic) bond motifs is 1. The van der Waals surface area contributed by atoms with E-state index in [9.17, 15) is 4.79 Å². The second kappa shape index (κ2) is 6.75. The van der Waals surface area contributed by atoms with E-state index in [-0.39, 0.29) is 5.97 Å². The highest BCUT2D eigenvalue weighted by Gasteiger charge is 2.06. The average molecular weight is 273 g/mol. The Morgan fingerprint density at radius 1 is 1.40 bits per heavy atom. The number of anilines is 2. The molecule has 20 heavy (non-hydrogen) atoms.